The molecule has 1 aliphatic rings. The van der Waals surface area contributed by atoms with E-state index in [1.807, 2.05) is 26.8 Å². The minimum Gasteiger partial charge on any atom is -0.294 e. The lowest BCUT2D eigenvalue weighted by Crippen LogP contribution is -2.24. The lowest BCUT2D eigenvalue weighted by atomic mass is 9.71. The maximum Gasteiger partial charge on any atom is 0.160 e. The molecule has 1 nitrogen and oxygen atoms in total. The second kappa shape index (κ2) is 4.96. The molecule has 1 rings (SSSR count). The molecular weight excluding hydrogens is 208 g/mol. The third-order valence-corrected chi connectivity index (χ3v) is 3.93. The fraction of sp³-hybridized carbons (Fsp3) is 0.812. The van der Waals surface area contributed by atoms with E-state index in [1.54, 1.807) is 0 Å². The Hall–Kier alpha value is -0.590. The van der Waals surface area contributed by atoms with Gasteiger partial charge < -0.3 is 0 Å². The van der Waals surface area contributed by atoms with E-state index in [9.17, 15) is 4.79 Å². The van der Waals surface area contributed by atoms with E-state index in [0.717, 1.165) is 18.8 Å². The van der Waals surface area contributed by atoms with Crippen molar-refractivity contribution >= 4 is 5.78 Å². The van der Waals surface area contributed by atoms with Crippen LogP contribution in [0.15, 0.2) is 11.6 Å². The lowest BCUT2D eigenvalue weighted by molar-refractivity contribution is -0.121. The molecule has 0 saturated heterocycles. The van der Waals surface area contributed by atoms with Crippen LogP contribution in [0, 0.1) is 16.7 Å². The Bertz CT molecular complexity index is 299. The van der Waals surface area contributed by atoms with Gasteiger partial charge in [-0.1, -0.05) is 47.1 Å². The summed E-state index contributed by atoms with van der Waals surface area (Å²) in [4.78, 5) is 11.9. The van der Waals surface area contributed by atoms with Crippen molar-refractivity contribution in [1.82, 2.24) is 0 Å². The van der Waals surface area contributed by atoms with E-state index in [2.05, 4.69) is 20.8 Å². The summed E-state index contributed by atoms with van der Waals surface area (Å²) in [5, 5.41) is 0. The fourth-order valence-corrected chi connectivity index (χ4v) is 2.40. The van der Waals surface area contributed by atoms with Crippen LogP contribution in [0.2, 0.25) is 0 Å². The smallest absolute Gasteiger partial charge is 0.160 e. The number of carbonyl (C=O) groups excluding carboxylic acids is 1. The minimum atomic E-state index is -0.228. The van der Waals surface area contributed by atoms with Crippen LogP contribution in [0.4, 0.5) is 0 Å². The van der Waals surface area contributed by atoms with Gasteiger partial charge in [0.2, 0.25) is 0 Å². The maximum atomic E-state index is 11.9. The number of rotatable bonds is 1. The van der Waals surface area contributed by atoms with E-state index >= 15 is 0 Å². The number of hydrogen-bond acceptors (Lipinski definition) is 1. The van der Waals surface area contributed by atoms with Crippen molar-refractivity contribution in [2.24, 2.45) is 16.7 Å². The first-order valence-corrected chi connectivity index (χ1v) is 6.84. The van der Waals surface area contributed by atoms with E-state index < -0.39 is 0 Å². The molecule has 0 aromatic carbocycles. The van der Waals surface area contributed by atoms with Crippen molar-refractivity contribution < 1.29 is 4.79 Å². The van der Waals surface area contributed by atoms with Gasteiger partial charge in [-0.25, -0.2) is 0 Å². The Morgan fingerprint density at radius 1 is 1.06 bits per heavy atom. The molecule has 98 valence electrons. The molecule has 0 bridgehead atoms. The molecular formula is C16H28O. The van der Waals surface area contributed by atoms with Crippen LogP contribution in [0.25, 0.3) is 0 Å². The topological polar surface area (TPSA) is 17.1 Å². The van der Waals surface area contributed by atoms with Gasteiger partial charge in [-0.2, -0.15) is 0 Å². The van der Waals surface area contributed by atoms with E-state index in [-0.39, 0.29) is 11.2 Å². The minimum absolute atomic E-state index is 0.228. The molecule has 1 heteroatoms. The Balaban J connectivity index is 2.59. The summed E-state index contributed by atoms with van der Waals surface area (Å²) in [6, 6.07) is 0. The summed E-state index contributed by atoms with van der Waals surface area (Å²) in [5.41, 5.74) is 1.55. The van der Waals surface area contributed by atoms with Gasteiger partial charge in [-0.3, -0.25) is 4.79 Å². The molecule has 0 N–H and O–H groups in total. The van der Waals surface area contributed by atoms with E-state index in [1.165, 1.54) is 18.4 Å². The maximum absolute atomic E-state index is 11.9. The summed E-state index contributed by atoms with van der Waals surface area (Å²) in [6.07, 6.45) is 6.63. The summed E-state index contributed by atoms with van der Waals surface area (Å²) in [6.45, 7) is 13.0. The quantitative estimate of drug-likeness (QED) is 0.600. The molecule has 0 atom stereocenters. The zero-order valence-electron chi connectivity index (χ0n) is 12.4. The molecule has 0 heterocycles. The van der Waals surface area contributed by atoms with Crippen molar-refractivity contribution in [2.75, 3.05) is 0 Å². The van der Waals surface area contributed by atoms with Gasteiger partial charge in [-0.15, -0.1) is 0 Å². The van der Waals surface area contributed by atoms with Crippen LogP contribution >= 0.6 is 0 Å². The first kappa shape index (κ1) is 14.5. The van der Waals surface area contributed by atoms with Gasteiger partial charge in [0.1, 0.15) is 0 Å². The van der Waals surface area contributed by atoms with Crippen LogP contribution in [0.5, 0.6) is 0 Å². The molecule has 17 heavy (non-hydrogen) atoms. The second-order valence-electron chi connectivity index (χ2n) is 7.56. The molecule has 0 spiro atoms. The van der Waals surface area contributed by atoms with Gasteiger partial charge in [0.15, 0.2) is 5.78 Å². The van der Waals surface area contributed by atoms with Crippen molar-refractivity contribution in [1.29, 1.82) is 0 Å². The molecule has 1 fully saturated rings. The van der Waals surface area contributed by atoms with Crippen LogP contribution < -0.4 is 0 Å². The lowest BCUT2D eigenvalue weighted by Gasteiger charge is -2.34. The number of hydrogen-bond donors (Lipinski definition) is 0. The predicted octanol–water partition coefficient (Wildman–Crippen LogP) is 4.76. The SMILES string of the molecule is CC(C)(C)C(=O)C=C1CCC(C(C)(C)C)CC1. The molecule has 0 aromatic heterocycles. The normalized spacial score (nSPS) is 22.5. The summed E-state index contributed by atoms with van der Waals surface area (Å²) < 4.78 is 0. The predicted molar refractivity (Wildman–Crippen MR) is 74.0 cm³/mol. The highest BCUT2D eigenvalue weighted by molar-refractivity contribution is 5.94. The molecule has 0 amide bonds. The van der Waals surface area contributed by atoms with Crippen molar-refractivity contribution in [3.8, 4) is 0 Å². The Morgan fingerprint density at radius 2 is 1.53 bits per heavy atom. The number of ketones is 1. The highest BCUT2D eigenvalue weighted by atomic mass is 16.1. The molecule has 0 aromatic rings. The molecule has 1 saturated carbocycles. The van der Waals surface area contributed by atoms with Gasteiger partial charge in [0.05, 0.1) is 0 Å². The summed E-state index contributed by atoms with van der Waals surface area (Å²) in [7, 11) is 0. The highest BCUT2D eigenvalue weighted by Gasteiger charge is 2.28. The highest BCUT2D eigenvalue weighted by Crippen LogP contribution is 2.39. The second-order valence-corrected chi connectivity index (χ2v) is 7.56. The standard InChI is InChI=1S/C16H28O/c1-15(2,3)13-9-7-12(8-10-13)11-14(17)16(4,5)6/h11,13H,7-10H2,1-6H3. The Labute approximate surface area is 107 Å². The average Bonchev–Trinajstić information content (AvgIpc) is 2.15. The number of carbonyl (C=O) groups is 1. The zero-order valence-corrected chi connectivity index (χ0v) is 12.4. The van der Waals surface area contributed by atoms with Crippen LogP contribution in [0.1, 0.15) is 67.2 Å². The summed E-state index contributed by atoms with van der Waals surface area (Å²) >= 11 is 0. The van der Waals surface area contributed by atoms with Gasteiger partial charge in [0.25, 0.3) is 0 Å². The third kappa shape index (κ3) is 4.29. The first-order valence-electron chi connectivity index (χ1n) is 6.84. The fourth-order valence-electron chi connectivity index (χ4n) is 2.40. The molecule has 0 unspecified atom stereocenters. The Morgan fingerprint density at radius 3 is 1.88 bits per heavy atom. The average molecular weight is 236 g/mol. The molecule has 0 aliphatic heterocycles. The third-order valence-electron chi connectivity index (χ3n) is 3.93. The molecule has 0 radical (unpaired) electrons. The van der Waals surface area contributed by atoms with Crippen LogP contribution in [-0.4, -0.2) is 5.78 Å². The van der Waals surface area contributed by atoms with E-state index in [4.69, 9.17) is 0 Å². The van der Waals surface area contributed by atoms with Crippen LogP contribution in [0.3, 0.4) is 0 Å². The number of allylic oxidation sites excluding steroid dienone is 2. The monoisotopic (exact) mass is 236 g/mol. The van der Waals surface area contributed by atoms with E-state index in [0.29, 0.717) is 5.41 Å². The summed E-state index contributed by atoms with van der Waals surface area (Å²) in [5.74, 6) is 1.09. The molecule has 1 aliphatic carbocycles. The van der Waals surface area contributed by atoms with Gasteiger partial charge >= 0.3 is 0 Å². The van der Waals surface area contributed by atoms with Crippen molar-refractivity contribution in [2.45, 2.75) is 67.2 Å². The Kier molecular flexibility index (Phi) is 4.22. The van der Waals surface area contributed by atoms with Gasteiger partial charge in [0, 0.05) is 5.41 Å². The van der Waals surface area contributed by atoms with Crippen molar-refractivity contribution in [3.63, 3.8) is 0 Å². The van der Waals surface area contributed by atoms with Crippen LogP contribution in [-0.2, 0) is 4.79 Å². The zero-order chi connectivity index (χ0) is 13.3. The van der Waals surface area contributed by atoms with Crippen molar-refractivity contribution in [3.05, 3.63) is 11.6 Å². The van der Waals surface area contributed by atoms with Gasteiger partial charge in [-0.05, 0) is 43.1 Å². The first-order chi connectivity index (χ1) is 7.60. The largest absolute Gasteiger partial charge is 0.294 e.